The molecule has 9 heteroatoms. The highest BCUT2D eigenvalue weighted by Crippen LogP contribution is 2.18. The molecule has 1 aliphatic rings. The van der Waals surface area contributed by atoms with Crippen molar-refractivity contribution >= 4 is 23.7 Å². The fourth-order valence-corrected chi connectivity index (χ4v) is 4.31. The minimum Gasteiger partial charge on any atom is -0.463 e. The van der Waals surface area contributed by atoms with Crippen molar-refractivity contribution in [3.8, 4) is 0 Å². The van der Waals surface area contributed by atoms with Gasteiger partial charge in [-0.15, -0.1) is 13.2 Å². The van der Waals surface area contributed by atoms with Gasteiger partial charge in [-0.25, -0.2) is 0 Å². The Morgan fingerprint density at radius 3 is 2.26 bits per heavy atom. The summed E-state index contributed by atoms with van der Waals surface area (Å²) in [5.41, 5.74) is 0.916. The number of aliphatic hydroxyl groups is 1. The summed E-state index contributed by atoms with van der Waals surface area (Å²) in [5.74, 6) is -3.37. The van der Waals surface area contributed by atoms with Crippen LogP contribution in [0, 0.1) is 11.8 Å². The van der Waals surface area contributed by atoms with E-state index in [1.54, 1.807) is 17.9 Å². The van der Waals surface area contributed by atoms with Crippen LogP contribution in [-0.4, -0.2) is 72.1 Å². The molecule has 2 rings (SSSR count). The number of benzene rings is 1. The van der Waals surface area contributed by atoms with Crippen LogP contribution in [-0.2, 0) is 30.3 Å². The smallest absolute Gasteiger partial charge is 0.309 e. The Kier molecular flexibility index (Phi) is 13.3. The van der Waals surface area contributed by atoms with E-state index in [1.807, 2.05) is 30.3 Å². The fourth-order valence-electron chi connectivity index (χ4n) is 4.31. The third-order valence-corrected chi connectivity index (χ3v) is 6.46. The summed E-state index contributed by atoms with van der Waals surface area (Å²) in [5, 5.41) is 14.7. The fraction of sp³-hybridized carbons (Fsp3) is 0.517. The molecule has 1 unspecified atom stereocenters. The first-order valence-electron chi connectivity index (χ1n) is 13.2. The molecule has 1 aliphatic heterocycles. The summed E-state index contributed by atoms with van der Waals surface area (Å²) >= 11 is 0. The Morgan fingerprint density at radius 1 is 1.03 bits per heavy atom. The van der Waals surface area contributed by atoms with Crippen LogP contribution in [0.2, 0.25) is 0 Å². The highest BCUT2D eigenvalue weighted by molar-refractivity contribution is 6.00. The van der Waals surface area contributed by atoms with Gasteiger partial charge in [-0.05, 0) is 44.6 Å². The third kappa shape index (κ3) is 10.1. The number of allylic oxidation sites excluding steroid dienone is 2. The maximum Gasteiger partial charge on any atom is 0.309 e. The number of hydrogen-bond donors (Lipinski definition) is 3. The van der Waals surface area contributed by atoms with Crippen LogP contribution >= 0.6 is 0 Å². The molecule has 0 aliphatic carbocycles. The van der Waals surface area contributed by atoms with Gasteiger partial charge in [-0.1, -0.05) is 42.5 Å². The second kappa shape index (κ2) is 16.4. The van der Waals surface area contributed by atoms with Crippen LogP contribution in [0.5, 0.6) is 0 Å². The second-order valence-electron chi connectivity index (χ2n) is 9.71. The largest absolute Gasteiger partial charge is 0.463 e. The predicted molar refractivity (Wildman–Crippen MR) is 145 cm³/mol. The van der Waals surface area contributed by atoms with Crippen molar-refractivity contribution < 1.29 is 29.0 Å². The van der Waals surface area contributed by atoms with Crippen LogP contribution in [0.3, 0.4) is 0 Å². The molecule has 0 bridgehead atoms. The molecule has 1 heterocycles. The van der Waals surface area contributed by atoms with E-state index < -0.39 is 41.7 Å². The minimum atomic E-state index is -1.05. The van der Waals surface area contributed by atoms with Crippen molar-refractivity contribution in [1.82, 2.24) is 15.5 Å². The summed E-state index contributed by atoms with van der Waals surface area (Å²) < 4.78 is 5.61. The first-order valence-corrected chi connectivity index (χ1v) is 13.2. The SMILES string of the molecule is C=CCC(C(=O)N[C@H](COC(=O)[C@@H](CC=C)CC(=O)N1CCCC1)Cc1ccccc1)C(=O)N[C@@H](C)CO. The van der Waals surface area contributed by atoms with Crippen LogP contribution in [0.1, 0.15) is 44.6 Å². The van der Waals surface area contributed by atoms with Gasteiger partial charge in [0.25, 0.3) is 0 Å². The molecule has 1 fully saturated rings. The molecule has 1 aromatic rings. The molecular weight excluding hydrogens is 486 g/mol. The zero-order valence-corrected chi connectivity index (χ0v) is 22.3. The van der Waals surface area contributed by atoms with E-state index in [9.17, 15) is 24.3 Å². The Morgan fingerprint density at radius 2 is 1.66 bits per heavy atom. The van der Waals surface area contributed by atoms with Gasteiger partial charge < -0.3 is 25.4 Å². The molecule has 1 aromatic carbocycles. The zero-order valence-electron chi connectivity index (χ0n) is 22.3. The zero-order chi connectivity index (χ0) is 27.9. The topological polar surface area (TPSA) is 125 Å². The lowest BCUT2D eigenvalue weighted by molar-refractivity contribution is -0.152. The molecule has 9 nitrogen and oxygen atoms in total. The highest BCUT2D eigenvalue weighted by Gasteiger charge is 2.30. The van der Waals surface area contributed by atoms with Crippen molar-refractivity contribution in [2.24, 2.45) is 11.8 Å². The van der Waals surface area contributed by atoms with Gasteiger partial charge in [0.05, 0.1) is 18.6 Å². The lowest BCUT2D eigenvalue weighted by Crippen LogP contribution is -2.49. The first-order chi connectivity index (χ1) is 18.3. The number of hydrogen-bond acceptors (Lipinski definition) is 6. The number of esters is 1. The third-order valence-electron chi connectivity index (χ3n) is 6.46. The van der Waals surface area contributed by atoms with Crippen LogP contribution in [0.15, 0.2) is 55.6 Å². The van der Waals surface area contributed by atoms with E-state index in [0.717, 1.165) is 18.4 Å². The summed E-state index contributed by atoms with van der Waals surface area (Å²) in [6.07, 6.45) is 5.83. The summed E-state index contributed by atoms with van der Waals surface area (Å²) in [6.45, 7) is 10.0. The van der Waals surface area contributed by atoms with Crippen molar-refractivity contribution in [3.05, 3.63) is 61.2 Å². The summed E-state index contributed by atoms with van der Waals surface area (Å²) in [6, 6.07) is 8.29. The van der Waals surface area contributed by atoms with Crippen LogP contribution in [0.25, 0.3) is 0 Å². The van der Waals surface area contributed by atoms with E-state index >= 15 is 0 Å². The molecule has 1 saturated heterocycles. The standard InChI is InChI=1S/C29H41N3O6/c1-4-11-23(18-26(34)32-15-9-10-16-32)29(37)38-20-24(17-22-13-7-6-8-14-22)31-28(36)25(12-5-2)27(35)30-21(3)19-33/h4-8,13-14,21,23-25,33H,1-2,9-12,15-20H2,3H3,(H,30,35)(H,31,36)/t21-,23-,24-,25?/m0/s1. The molecular formula is C29H41N3O6. The van der Waals surface area contributed by atoms with Gasteiger partial charge in [0, 0.05) is 25.6 Å². The van der Waals surface area contributed by atoms with E-state index in [-0.39, 0.29) is 32.0 Å². The van der Waals surface area contributed by atoms with E-state index in [1.165, 1.54) is 6.08 Å². The van der Waals surface area contributed by atoms with Crippen LogP contribution in [0.4, 0.5) is 0 Å². The van der Waals surface area contributed by atoms with Gasteiger partial charge in [-0.2, -0.15) is 0 Å². The normalized spacial score (nSPS) is 16.0. The Balaban J connectivity index is 2.10. The number of aliphatic hydroxyl groups excluding tert-OH is 1. The Bertz CT molecular complexity index is 945. The monoisotopic (exact) mass is 527 g/mol. The maximum atomic E-state index is 13.1. The maximum absolute atomic E-state index is 13.1. The van der Waals surface area contributed by atoms with Gasteiger partial charge in [0.2, 0.25) is 17.7 Å². The molecule has 3 N–H and O–H groups in total. The Labute approximate surface area is 225 Å². The van der Waals surface area contributed by atoms with E-state index in [0.29, 0.717) is 25.9 Å². The molecule has 38 heavy (non-hydrogen) atoms. The van der Waals surface area contributed by atoms with Gasteiger partial charge in [0.1, 0.15) is 12.5 Å². The minimum absolute atomic E-state index is 0.0468. The average Bonchev–Trinajstić information content (AvgIpc) is 3.45. The quantitative estimate of drug-likeness (QED) is 0.172. The number of nitrogens with one attached hydrogen (secondary N) is 2. The lowest BCUT2D eigenvalue weighted by atomic mass is 10.00. The average molecular weight is 528 g/mol. The van der Waals surface area contributed by atoms with E-state index in [2.05, 4.69) is 23.8 Å². The molecule has 0 radical (unpaired) electrons. The lowest BCUT2D eigenvalue weighted by Gasteiger charge is -2.24. The molecule has 3 amide bonds. The molecule has 208 valence electrons. The molecule has 4 atom stereocenters. The summed E-state index contributed by atoms with van der Waals surface area (Å²) in [4.78, 5) is 53.2. The van der Waals surface area contributed by atoms with Gasteiger partial charge >= 0.3 is 5.97 Å². The van der Waals surface area contributed by atoms with Crippen LogP contribution < -0.4 is 10.6 Å². The predicted octanol–water partition coefficient (Wildman–Crippen LogP) is 2.15. The number of carbonyl (C=O) groups is 4. The first kappa shape index (κ1) is 30.8. The highest BCUT2D eigenvalue weighted by atomic mass is 16.5. The number of nitrogens with zero attached hydrogens (tertiary/aromatic N) is 1. The molecule has 0 spiro atoms. The van der Waals surface area contributed by atoms with Crippen molar-refractivity contribution in [2.75, 3.05) is 26.3 Å². The van der Waals surface area contributed by atoms with Crippen molar-refractivity contribution in [2.45, 2.75) is 57.5 Å². The van der Waals surface area contributed by atoms with E-state index in [4.69, 9.17) is 4.74 Å². The summed E-state index contributed by atoms with van der Waals surface area (Å²) in [7, 11) is 0. The molecule has 0 saturated carbocycles. The van der Waals surface area contributed by atoms with Gasteiger partial charge in [-0.3, -0.25) is 19.2 Å². The Hall–Kier alpha value is -3.46. The number of ether oxygens (including phenoxy) is 1. The number of likely N-dealkylation sites (tertiary alicyclic amines) is 1. The van der Waals surface area contributed by atoms with Crippen molar-refractivity contribution in [3.63, 3.8) is 0 Å². The van der Waals surface area contributed by atoms with Crippen molar-refractivity contribution in [1.29, 1.82) is 0 Å². The number of rotatable bonds is 16. The second-order valence-corrected chi connectivity index (χ2v) is 9.71. The van der Waals surface area contributed by atoms with Gasteiger partial charge in [0.15, 0.2) is 0 Å². The number of carbonyl (C=O) groups excluding carboxylic acids is 4. The molecule has 0 aromatic heterocycles. The number of amides is 3.